The van der Waals surface area contributed by atoms with Crippen molar-refractivity contribution in [2.24, 2.45) is 13.0 Å². The molecule has 6 heteroatoms. The van der Waals surface area contributed by atoms with Gasteiger partial charge in [-0.15, -0.1) is 0 Å². The molecule has 22 heavy (non-hydrogen) atoms. The number of likely N-dealkylation sites (N-methyl/N-ethyl adjacent to an activating group) is 1. The van der Waals surface area contributed by atoms with E-state index >= 15 is 0 Å². The number of aromatic nitrogens is 2. The van der Waals surface area contributed by atoms with E-state index in [0.29, 0.717) is 18.6 Å². The van der Waals surface area contributed by atoms with Crippen molar-refractivity contribution in [3.63, 3.8) is 0 Å². The summed E-state index contributed by atoms with van der Waals surface area (Å²) in [7, 11) is 6.20. The fourth-order valence-electron chi connectivity index (χ4n) is 3.95. The molecule has 0 N–H and O–H groups in total. The molecule has 1 aromatic rings. The summed E-state index contributed by atoms with van der Waals surface area (Å²) in [6.07, 6.45) is 7.30. The molecule has 2 aliphatic rings. The van der Waals surface area contributed by atoms with Gasteiger partial charge >= 0.3 is 5.97 Å². The van der Waals surface area contributed by atoms with Gasteiger partial charge < -0.3 is 4.74 Å². The highest BCUT2D eigenvalue weighted by molar-refractivity contribution is 5.77. The van der Waals surface area contributed by atoms with E-state index in [1.807, 2.05) is 25.0 Å². The number of cyclic esters (lactones) is 1. The summed E-state index contributed by atoms with van der Waals surface area (Å²) >= 11 is 0. The molecular formula is C16H26N4O2. The summed E-state index contributed by atoms with van der Waals surface area (Å²) in [5.41, 5.74) is 1.28. The molecule has 2 saturated heterocycles. The van der Waals surface area contributed by atoms with Crippen LogP contribution in [0.15, 0.2) is 12.4 Å². The van der Waals surface area contributed by atoms with Crippen molar-refractivity contribution in [3.05, 3.63) is 18.0 Å². The van der Waals surface area contributed by atoms with Crippen LogP contribution >= 0.6 is 0 Å². The van der Waals surface area contributed by atoms with Crippen LogP contribution in [0.5, 0.6) is 0 Å². The molecule has 2 aliphatic heterocycles. The SMILES string of the molecule is CN(C[C@@H]1CCCN(C)[C@H]1c1cnn(C)c1)C1CCOC1=O. The van der Waals surface area contributed by atoms with Crippen LogP contribution in [0.4, 0.5) is 0 Å². The first-order chi connectivity index (χ1) is 10.6. The van der Waals surface area contributed by atoms with Crippen molar-refractivity contribution in [1.29, 1.82) is 0 Å². The van der Waals surface area contributed by atoms with Gasteiger partial charge in [0.15, 0.2) is 0 Å². The summed E-state index contributed by atoms with van der Waals surface area (Å²) in [6.45, 7) is 2.60. The maximum absolute atomic E-state index is 11.8. The van der Waals surface area contributed by atoms with E-state index in [0.717, 1.165) is 19.5 Å². The largest absolute Gasteiger partial charge is 0.464 e. The maximum Gasteiger partial charge on any atom is 0.323 e. The van der Waals surface area contributed by atoms with Crippen molar-refractivity contribution in [2.45, 2.75) is 31.3 Å². The second kappa shape index (κ2) is 6.38. The van der Waals surface area contributed by atoms with Crippen molar-refractivity contribution >= 4 is 5.97 Å². The molecule has 3 heterocycles. The topological polar surface area (TPSA) is 50.6 Å². The standard InChI is InChI=1S/C16H26N4O2/c1-18-7-4-5-12(15(18)13-9-17-20(3)11-13)10-19(2)14-6-8-22-16(14)21/h9,11-12,14-15H,4-8,10H2,1-3H3/t12-,14?,15+/m0/s1. The van der Waals surface area contributed by atoms with Gasteiger partial charge in [0.2, 0.25) is 0 Å². The molecule has 3 atom stereocenters. The third-order valence-electron chi connectivity index (χ3n) is 5.04. The van der Waals surface area contributed by atoms with Gasteiger partial charge in [0, 0.05) is 37.8 Å². The van der Waals surface area contributed by atoms with Crippen molar-refractivity contribution in [1.82, 2.24) is 19.6 Å². The Hall–Kier alpha value is -1.40. The number of esters is 1. The highest BCUT2D eigenvalue weighted by atomic mass is 16.5. The van der Waals surface area contributed by atoms with Gasteiger partial charge in [-0.1, -0.05) is 0 Å². The molecule has 0 saturated carbocycles. The Balaban J connectivity index is 1.73. The molecule has 1 aromatic heterocycles. The van der Waals surface area contributed by atoms with Gasteiger partial charge in [-0.2, -0.15) is 5.10 Å². The zero-order valence-corrected chi connectivity index (χ0v) is 13.7. The van der Waals surface area contributed by atoms with Crippen molar-refractivity contribution in [2.75, 3.05) is 33.8 Å². The number of nitrogens with zero attached hydrogens (tertiary/aromatic N) is 4. The van der Waals surface area contributed by atoms with Gasteiger partial charge in [-0.3, -0.25) is 19.3 Å². The monoisotopic (exact) mass is 306 g/mol. The van der Waals surface area contributed by atoms with Crippen LogP contribution in [-0.4, -0.2) is 65.4 Å². The summed E-state index contributed by atoms with van der Waals surface area (Å²) in [5.74, 6) is 0.450. The van der Waals surface area contributed by atoms with E-state index in [-0.39, 0.29) is 12.0 Å². The van der Waals surface area contributed by atoms with Gasteiger partial charge in [0.1, 0.15) is 6.04 Å². The Labute approximate surface area is 132 Å². The van der Waals surface area contributed by atoms with Crippen molar-refractivity contribution in [3.8, 4) is 0 Å². The average molecular weight is 306 g/mol. The van der Waals surface area contributed by atoms with Gasteiger partial charge in [0.05, 0.1) is 12.8 Å². The number of likely N-dealkylation sites (tertiary alicyclic amines) is 1. The Kier molecular flexibility index (Phi) is 4.49. The maximum atomic E-state index is 11.8. The number of ether oxygens (including phenoxy) is 1. The van der Waals surface area contributed by atoms with Gasteiger partial charge in [-0.05, 0) is 39.4 Å². The normalized spacial score (nSPS) is 30.0. The van der Waals surface area contributed by atoms with E-state index in [2.05, 4.69) is 28.1 Å². The Morgan fingerprint density at radius 2 is 2.23 bits per heavy atom. The Morgan fingerprint density at radius 1 is 1.41 bits per heavy atom. The predicted octanol–water partition coefficient (Wildman–Crippen LogP) is 1.05. The summed E-state index contributed by atoms with van der Waals surface area (Å²) in [6, 6.07) is 0.309. The number of piperidine rings is 1. The average Bonchev–Trinajstić information content (AvgIpc) is 3.07. The van der Waals surface area contributed by atoms with Gasteiger partial charge in [0.25, 0.3) is 0 Å². The number of aryl methyl sites for hydroxylation is 1. The third kappa shape index (κ3) is 3.03. The molecule has 0 bridgehead atoms. The fourth-order valence-corrected chi connectivity index (χ4v) is 3.95. The van der Waals surface area contributed by atoms with Crippen LogP contribution in [0, 0.1) is 5.92 Å². The highest BCUT2D eigenvalue weighted by Gasteiger charge is 2.36. The number of carbonyl (C=O) groups is 1. The molecule has 1 unspecified atom stereocenters. The quantitative estimate of drug-likeness (QED) is 0.778. The number of hydrogen-bond acceptors (Lipinski definition) is 5. The number of carbonyl (C=O) groups excluding carboxylic acids is 1. The molecule has 122 valence electrons. The van der Waals surface area contributed by atoms with E-state index in [9.17, 15) is 4.79 Å². The van der Waals surface area contributed by atoms with Crippen LogP contribution in [-0.2, 0) is 16.6 Å². The van der Waals surface area contributed by atoms with E-state index in [4.69, 9.17) is 4.74 Å². The minimum atomic E-state index is -0.0678. The fraction of sp³-hybridized carbons (Fsp3) is 0.750. The van der Waals surface area contributed by atoms with E-state index in [1.165, 1.54) is 18.4 Å². The lowest BCUT2D eigenvalue weighted by molar-refractivity contribution is -0.142. The van der Waals surface area contributed by atoms with E-state index < -0.39 is 0 Å². The lowest BCUT2D eigenvalue weighted by Gasteiger charge is -2.41. The molecule has 0 aliphatic carbocycles. The van der Waals surface area contributed by atoms with Crippen molar-refractivity contribution < 1.29 is 9.53 Å². The predicted molar refractivity (Wildman–Crippen MR) is 83.3 cm³/mol. The zero-order valence-electron chi connectivity index (χ0n) is 13.7. The first kappa shape index (κ1) is 15.5. The Bertz CT molecular complexity index is 530. The second-order valence-corrected chi connectivity index (χ2v) is 6.69. The number of rotatable bonds is 4. The zero-order chi connectivity index (χ0) is 15.7. The van der Waals surface area contributed by atoms with Crippen LogP contribution in [0.25, 0.3) is 0 Å². The molecule has 0 spiro atoms. The Morgan fingerprint density at radius 3 is 2.86 bits per heavy atom. The molecule has 2 fully saturated rings. The van der Waals surface area contributed by atoms with Crippen LogP contribution < -0.4 is 0 Å². The van der Waals surface area contributed by atoms with Crippen LogP contribution in [0.2, 0.25) is 0 Å². The molecule has 3 rings (SSSR count). The number of hydrogen-bond donors (Lipinski definition) is 0. The third-order valence-corrected chi connectivity index (χ3v) is 5.04. The van der Waals surface area contributed by atoms with Crippen LogP contribution in [0.3, 0.4) is 0 Å². The molecule has 0 aromatic carbocycles. The highest BCUT2D eigenvalue weighted by Crippen LogP contribution is 2.35. The summed E-state index contributed by atoms with van der Waals surface area (Å²) < 4.78 is 6.98. The summed E-state index contributed by atoms with van der Waals surface area (Å²) in [5, 5.41) is 4.33. The lowest BCUT2D eigenvalue weighted by atomic mass is 9.85. The van der Waals surface area contributed by atoms with E-state index in [1.54, 1.807) is 0 Å². The van der Waals surface area contributed by atoms with Gasteiger partial charge in [-0.25, -0.2) is 0 Å². The molecule has 0 amide bonds. The first-order valence-electron chi connectivity index (χ1n) is 8.12. The molecular weight excluding hydrogens is 280 g/mol. The smallest absolute Gasteiger partial charge is 0.323 e. The molecule has 0 radical (unpaired) electrons. The minimum absolute atomic E-state index is 0.0652. The summed E-state index contributed by atoms with van der Waals surface area (Å²) in [4.78, 5) is 16.4. The molecule has 6 nitrogen and oxygen atoms in total. The van der Waals surface area contributed by atoms with Crippen LogP contribution in [0.1, 0.15) is 30.9 Å². The second-order valence-electron chi connectivity index (χ2n) is 6.69. The first-order valence-corrected chi connectivity index (χ1v) is 8.12. The minimum Gasteiger partial charge on any atom is -0.464 e. The lowest BCUT2D eigenvalue weighted by Crippen LogP contribution is -2.44.